The number of rotatable bonds is 4. The summed E-state index contributed by atoms with van der Waals surface area (Å²) >= 11 is 0. The predicted molar refractivity (Wildman–Crippen MR) is 83.2 cm³/mol. The summed E-state index contributed by atoms with van der Waals surface area (Å²) in [7, 11) is -4.38. The van der Waals surface area contributed by atoms with Crippen LogP contribution in [-0.4, -0.2) is 13.0 Å². The van der Waals surface area contributed by atoms with Crippen LogP contribution in [0.1, 0.15) is 81.5 Å². The van der Waals surface area contributed by atoms with Crippen LogP contribution in [-0.2, 0) is 10.1 Å². The molecule has 1 N–H and O–H groups in total. The van der Waals surface area contributed by atoms with Gasteiger partial charge in [-0.1, -0.05) is 47.6 Å². The number of benzene rings is 1. The zero-order chi connectivity index (χ0) is 16.5. The summed E-state index contributed by atoms with van der Waals surface area (Å²) in [6.45, 7) is 11.4. The van der Waals surface area contributed by atoms with E-state index < -0.39 is 10.1 Å². The van der Waals surface area contributed by atoms with E-state index in [1.807, 2.05) is 41.5 Å². The van der Waals surface area contributed by atoms with Gasteiger partial charge in [0.05, 0.1) is 11.6 Å². The predicted octanol–water partition coefficient (Wildman–Crippen LogP) is 4.18. The van der Waals surface area contributed by atoms with E-state index in [0.717, 1.165) is 5.56 Å². The molecule has 0 spiro atoms. The molecule has 0 aromatic heterocycles. The van der Waals surface area contributed by atoms with E-state index in [2.05, 4.69) is 6.07 Å². The number of hydrogen-bond donors (Lipinski definition) is 1. The highest BCUT2D eigenvalue weighted by molar-refractivity contribution is 7.86. The zero-order valence-electron chi connectivity index (χ0n) is 13.4. The molecule has 0 fully saturated rings. The zero-order valence-corrected chi connectivity index (χ0v) is 14.2. The molecular weight excluding hydrogens is 286 g/mol. The number of nitrogens with zero attached hydrogens (tertiary/aromatic N) is 1. The van der Waals surface area contributed by atoms with Gasteiger partial charge in [0.1, 0.15) is 4.90 Å². The third-order valence-corrected chi connectivity index (χ3v) is 4.54. The molecular formula is C16H23NO3S. The lowest BCUT2D eigenvalue weighted by Gasteiger charge is -2.23. The van der Waals surface area contributed by atoms with Gasteiger partial charge in [-0.2, -0.15) is 13.7 Å². The Hall–Kier alpha value is -1.38. The Balaban J connectivity index is 4.07. The quantitative estimate of drug-likeness (QED) is 0.846. The third kappa shape index (κ3) is 3.45. The molecule has 0 unspecified atom stereocenters. The van der Waals surface area contributed by atoms with Crippen molar-refractivity contribution >= 4 is 10.1 Å². The molecule has 5 heteroatoms. The van der Waals surface area contributed by atoms with Crippen molar-refractivity contribution in [3.05, 3.63) is 28.3 Å². The summed E-state index contributed by atoms with van der Waals surface area (Å²) in [5.41, 5.74) is 2.20. The van der Waals surface area contributed by atoms with Gasteiger partial charge in [0.25, 0.3) is 10.1 Å². The summed E-state index contributed by atoms with van der Waals surface area (Å²) in [5.74, 6) is -0.137. The second kappa shape index (κ2) is 6.17. The summed E-state index contributed by atoms with van der Waals surface area (Å²) in [4.78, 5) is -0.0894. The lowest BCUT2D eigenvalue weighted by molar-refractivity contribution is 0.479. The van der Waals surface area contributed by atoms with Gasteiger partial charge in [-0.15, -0.1) is 0 Å². The minimum Gasteiger partial charge on any atom is -0.282 e. The molecule has 0 saturated carbocycles. The second-order valence-corrected chi connectivity index (χ2v) is 7.58. The normalized spacial score (nSPS) is 12.2. The molecule has 21 heavy (non-hydrogen) atoms. The molecule has 0 amide bonds. The highest BCUT2D eigenvalue weighted by atomic mass is 32.2. The van der Waals surface area contributed by atoms with Gasteiger partial charge in [0.2, 0.25) is 0 Å². The minimum absolute atomic E-state index is 0.0651. The maximum atomic E-state index is 11.9. The molecule has 4 nitrogen and oxygen atoms in total. The van der Waals surface area contributed by atoms with E-state index >= 15 is 0 Å². The van der Waals surface area contributed by atoms with Gasteiger partial charge in [-0.05, 0) is 34.4 Å². The number of hydrogen-bond acceptors (Lipinski definition) is 3. The summed E-state index contributed by atoms with van der Waals surface area (Å²) in [5, 5.41) is 9.49. The summed E-state index contributed by atoms with van der Waals surface area (Å²) in [6, 6.07) is 3.88. The van der Waals surface area contributed by atoms with Crippen molar-refractivity contribution < 1.29 is 13.0 Å². The average Bonchev–Trinajstić information content (AvgIpc) is 2.34. The summed E-state index contributed by atoms with van der Waals surface area (Å²) < 4.78 is 33.4. The average molecular weight is 309 g/mol. The van der Waals surface area contributed by atoms with E-state index in [1.54, 1.807) is 6.07 Å². The van der Waals surface area contributed by atoms with E-state index in [9.17, 15) is 18.2 Å². The van der Waals surface area contributed by atoms with Crippen LogP contribution in [0.4, 0.5) is 0 Å². The maximum absolute atomic E-state index is 11.9. The fourth-order valence-corrected chi connectivity index (χ4v) is 3.79. The first kappa shape index (κ1) is 17.7. The van der Waals surface area contributed by atoms with Crippen molar-refractivity contribution in [3.63, 3.8) is 0 Å². The molecule has 1 rings (SSSR count). The molecule has 0 bridgehead atoms. The van der Waals surface area contributed by atoms with Gasteiger partial charge >= 0.3 is 0 Å². The monoisotopic (exact) mass is 309 g/mol. The Morgan fingerprint density at radius 3 is 1.76 bits per heavy atom. The van der Waals surface area contributed by atoms with Crippen molar-refractivity contribution in [1.82, 2.24) is 0 Å². The number of nitriles is 1. The molecule has 0 radical (unpaired) electrons. The van der Waals surface area contributed by atoms with E-state index in [4.69, 9.17) is 0 Å². The van der Waals surface area contributed by atoms with Crippen LogP contribution < -0.4 is 0 Å². The van der Waals surface area contributed by atoms with Gasteiger partial charge in [0, 0.05) is 0 Å². The standard InChI is InChI=1S/C16H23NO3S/c1-9(2)12-7-13(10(3)4)16(21(18,19)20)15(11(5)6)14(12)8-17/h7,9-11H,1-6H3,(H,18,19,20). The maximum Gasteiger partial charge on any atom is 0.295 e. The largest absolute Gasteiger partial charge is 0.295 e. The van der Waals surface area contributed by atoms with E-state index in [-0.39, 0.29) is 22.6 Å². The molecule has 1 aromatic rings. The first-order chi connectivity index (χ1) is 9.52. The molecule has 0 heterocycles. The first-order valence-corrected chi connectivity index (χ1v) is 8.54. The van der Waals surface area contributed by atoms with Crippen LogP contribution >= 0.6 is 0 Å². The molecule has 0 aliphatic carbocycles. The first-order valence-electron chi connectivity index (χ1n) is 7.10. The smallest absolute Gasteiger partial charge is 0.282 e. The lowest BCUT2D eigenvalue weighted by atomic mass is 9.85. The fourth-order valence-electron chi connectivity index (χ4n) is 2.58. The van der Waals surface area contributed by atoms with Crippen molar-refractivity contribution in [2.75, 3.05) is 0 Å². The van der Waals surface area contributed by atoms with E-state index in [1.165, 1.54) is 0 Å². The van der Waals surface area contributed by atoms with Crippen LogP contribution in [0.2, 0.25) is 0 Å². The molecule has 0 aliphatic heterocycles. The molecule has 0 aliphatic rings. The molecule has 0 atom stereocenters. The lowest BCUT2D eigenvalue weighted by Crippen LogP contribution is -2.14. The Labute approximate surface area is 127 Å². The van der Waals surface area contributed by atoms with Crippen LogP contribution in [0.25, 0.3) is 0 Å². The van der Waals surface area contributed by atoms with Gasteiger partial charge in [0.15, 0.2) is 0 Å². The SMILES string of the molecule is CC(C)c1cc(C(C)C)c(S(=O)(=O)O)c(C(C)C)c1C#N. The van der Waals surface area contributed by atoms with Gasteiger partial charge in [-0.25, -0.2) is 0 Å². The Kier molecular flexibility index (Phi) is 5.19. The van der Waals surface area contributed by atoms with Gasteiger partial charge < -0.3 is 0 Å². The van der Waals surface area contributed by atoms with E-state index in [0.29, 0.717) is 16.7 Å². The topological polar surface area (TPSA) is 78.2 Å². The Morgan fingerprint density at radius 2 is 1.48 bits per heavy atom. The highest BCUT2D eigenvalue weighted by Gasteiger charge is 2.29. The van der Waals surface area contributed by atoms with Crippen molar-refractivity contribution in [3.8, 4) is 6.07 Å². The van der Waals surface area contributed by atoms with Crippen LogP contribution in [0, 0.1) is 11.3 Å². The van der Waals surface area contributed by atoms with Crippen LogP contribution in [0.5, 0.6) is 0 Å². The van der Waals surface area contributed by atoms with Crippen molar-refractivity contribution in [2.45, 2.75) is 64.2 Å². The summed E-state index contributed by atoms with van der Waals surface area (Å²) in [6.07, 6.45) is 0. The Bertz CT molecular complexity index is 680. The van der Waals surface area contributed by atoms with Crippen molar-refractivity contribution in [2.24, 2.45) is 0 Å². The highest BCUT2D eigenvalue weighted by Crippen LogP contribution is 2.38. The fraction of sp³-hybridized carbons (Fsp3) is 0.562. The third-order valence-electron chi connectivity index (χ3n) is 3.57. The second-order valence-electron chi connectivity index (χ2n) is 6.22. The molecule has 0 saturated heterocycles. The molecule has 116 valence electrons. The minimum atomic E-state index is -4.38. The Morgan fingerprint density at radius 1 is 1.00 bits per heavy atom. The van der Waals surface area contributed by atoms with Crippen LogP contribution in [0.3, 0.4) is 0 Å². The van der Waals surface area contributed by atoms with Crippen LogP contribution in [0.15, 0.2) is 11.0 Å². The van der Waals surface area contributed by atoms with Crippen molar-refractivity contribution in [1.29, 1.82) is 5.26 Å². The van der Waals surface area contributed by atoms with Gasteiger partial charge in [-0.3, -0.25) is 4.55 Å². The molecule has 1 aromatic carbocycles.